The van der Waals surface area contributed by atoms with E-state index >= 15 is 0 Å². The lowest BCUT2D eigenvalue weighted by atomic mass is 9.77. The lowest BCUT2D eigenvalue weighted by Crippen LogP contribution is -2.35. The topological polar surface area (TPSA) is 46.5 Å². The van der Waals surface area contributed by atoms with Crippen molar-refractivity contribution < 1.29 is 14.6 Å². The van der Waals surface area contributed by atoms with Crippen LogP contribution in [0.4, 0.5) is 0 Å². The molecule has 1 heterocycles. The second kappa shape index (κ2) is 5.70. The number of benzene rings is 2. The summed E-state index contributed by atoms with van der Waals surface area (Å²) in [5.74, 6) is -0.326. The number of para-hydroxylation sites is 1. The first kappa shape index (κ1) is 13.8. The van der Waals surface area contributed by atoms with E-state index in [1.54, 1.807) is 6.07 Å². The summed E-state index contributed by atoms with van der Waals surface area (Å²) in [6.07, 6.45) is -0.0715. The maximum Gasteiger partial charge on any atom is 0.317 e. The number of hydrogen-bond acceptors (Lipinski definition) is 3. The standard InChI is InChI=1S/C18H18O3/c1-2-13-14-10-6-7-11-15(14)21-18(20)16(13)17(19)12-8-4-3-5-9-12/h3-11,13,16-17,19H,2H2,1H3/t13-,16-,17?/m0/s1. The van der Waals surface area contributed by atoms with Crippen molar-refractivity contribution in [3.05, 3.63) is 65.7 Å². The summed E-state index contributed by atoms with van der Waals surface area (Å²) in [7, 11) is 0. The zero-order chi connectivity index (χ0) is 14.8. The molecular weight excluding hydrogens is 264 g/mol. The van der Waals surface area contributed by atoms with Gasteiger partial charge in [-0.15, -0.1) is 0 Å². The fourth-order valence-electron chi connectivity index (χ4n) is 3.09. The SMILES string of the molecule is CC[C@H]1c2ccccc2OC(=O)[C@@H]1C(O)c1ccccc1. The average Bonchev–Trinajstić information content (AvgIpc) is 2.53. The molecule has 1 aliphatic rings. The fraction of sp³-hybridized carbons (Fsp3) is 0.278. The van der Waals surface area contributed by atoms with E-state index in [0.717, 1.165) is 17.5 Å². The lowest BCUT2D eigenvalue weighted by molar-refractivity contribution is -0.146. The van der Waals surface area contributed by atoms with Gasteiger partial charge < -0.3 is 9.84 Å². The first-order valence-corrected chi connectivity index (χ1v) is 7.26. The van der Waals surface area contributed by atoms with Gasteiger partial charge in [-0.3, -0.25) is 4.79 Å². The van der Waals surface area contributed by atoms with Gasteiger partial charge in [0, 0.05) is 5.92 Å². The summed E-state index contributed by atoms with van der Waals surface area (Å²) in [5.41, 5.74) is 1.75. The minimum Gasteiger partial charge on any atom is -0.426 e. The van der Waals surface area contributed by atoms with Crippen molar-refractivity contribution in [1.82, 2.24) is 0 Å². The van der Waals surface area contributed by atoms with Crippen LogP contribution in [0.15, 0.2) is 54.6 Å². The Balaban J connectivity index is 2.00. The van der Waals surface area contributed by atoms with Gasteiger partial charge in [0.2, 0.25) is 0 Å². The van der Waals surface area contributed by atoms with E-state index in [9.17, 15) is 9.90 Å². The van der Waals surface area contributed by atoms with Gasteiger partial charge in [-0.1, -0.05) is 55.5 Å². The Morgan fingerprint density at radius 3 is 2.48 bits per heavy atom. The van der Waals surface area contributed by atoms with Gasteiger partial charge in [-0.2, -0.15) is 0 Å². The van der Waals surface area contributed by atoms with E-state index in [-0.39, 0.29) is 11.9 Å². The molecule has 3 rings (SSSR count). The highest BCUT2D eigenvalue weighted by Crippen LogP contribution is 2.44. The van der Waals surface area contributed by atoms with Crippen LogP contribution in [-0.4, -0.2) is 11.1 Å². The molecule has 1 N–H and O–H groups in total. The largest absolute Gasteiger partial charge is 0.426 e. The van der Waals surface area contributed by atoms with Crippen LogP contribution in [0, 0.1) is 5.92 Å². The Labute approximate surface area is 124 Å². The monoisotopic (exact) mass is 282 g/mol. The van der Waals surface area contributed by atoms with Gasteiger partial charge in [-0.25, -0.2) is 0 Å². The molecular formula is C18H18O3. The number of hydrogen-bond donors (Lipinski definition) is 1. The predicted molar refractivity (Wildman–Crippen MR) is 80.0 cm³/mol. The van der Waals surface area contributed by atoms with Crippen molar-refractivity contribution in [3.8, 4) is 5.75 Å². The smallest absolute Gasteiger partial charge is 0.317 e. The third-order valence-corrected chi connectivity index (χ3v) is 4.16. The van der Waals surface area contributed by atoms with Gasteiger partial charge in [0.15, 0.2) is 0 Å². The van der Waals surface area contributed by atoms with E-state index < -0.39 is 12.0 Å². The molecule has 0 aromatic heterocycles. The summed E-state index contributed by atoms with van der Waals surface area (Å²) in [6.45, 7) is 2.03. The van der Waals surface area contributed by atoms with Crippen molar-refractivity contribution in [3.63, 3.8) is 0 Å². The van der Waals surface area contributed by atoms with Crippen molar-refractivity contribution in [1.29, 1.82) is 0 Å². The van der Waals surface area contributed by atoms with Gasteiger partial charge in [0.05, 0.1) is 12.0 Å². The zero-order valence-corrected chi connectivity index (χ0v) is 11.9. The molecule has 21 heavy (non-hydrogen) atoms. The number of carbonyl (C=O) groups is 1. The fourth-order valence-corrected chi connectivity index (χ4v) is 3.09. The van der Waals surface area contributed by atoms with E-state index in [4.69, 9.17) is 4.74 Å². The number of ether oxygens (including phenoxy) is 1. The molecule has 0 radical (unpaired) electrons. The summed E-state index contributed by atoms with van der Waals surface area (Å²) in [5, 5.41) is 10.6. The molecule has 2 aromatic rings. The predicted octanol–water partition coefficient (Wildman–Crippen LogP) is 3.45. The van der Waals surface area contributed by atoms with Gasteiger partial charge in [0.25, 0.3) is 0 Å². The maximum atomic E-state index is 12.4. The molecule has 3 heteroatoms. The molecule has 1 aliphatic heterocycles. The molecule has 3 nitrogen and oxygen atoms in total. The third kappa shape index (κ3) is 2.45. The summed E-state index contributed by atoms with van der Waals surface area (Å²) < 4.78 is 5.42. The Bertz CT molecular complexity index is 636. The van der Waals surface area contributed by atoms with Crippen LogP contribution in [0.25, 0.3) is 0 Å². The van der Waals surface area contributed by atoms with E-state index in [1.807, 2.05) is 55.5 Å². The molecule has 0 saturated heterocycles. The Hall–Kier alpha value is -2.13. The Morgan fingerprint density at radius 2 is 1.76 bits per heavy atom. The molecule has 0 spiro atoms. The van der Waals surface area contributed by atoms with Gasteiger partial charge in [-0.05, 0) is 23.6 Å². The van der Waals surface area contributed by atoms with Crippen LogP contribution in [-0.2, 0) is 4.79 Å². The molecule has 2 aromatic carbocycles. The second-order valence-electron chi connectivity index (χ2n) is 5.35. The number of esters is 1. The summed E-state index contributed by atoms with van der Waals surface area (Å²) in [6, 6.07) is 16.9. The van der Waals surface area contributed by atoms with Crippen LogP contribution < -0.4 is 4.74 Å². The number of carbonyl (C=O) groups excluding carboxylic acids is 1. The van der Waals surface area contributed by atoms with E-state index in [2.05, 4.69) is 0 Å². The van der Waals surface area contributed by atoms with Crippen molar-refractivity contribution in [2.75, 3.05) is 0 Å². The highest BCUT2D eigenvalue weighted by Gasteiger charge is 2.41. The molecule has 0 amide bonds. The van der Waals surface area contributed by atoms with Crippen molar-refractivity contribution in [2.24, 2.45) is 5.92 Å². The third-order valence-electron chi connectivity index (χ3n) is 4.16. The summed E-state index contributed by atoms with van der Waals surface area (Å²) >= 11 is 0. The highest BCUT2D eigenvalue weighted by atomic mass is 16.5. The summed E-state index contributed by atoms with van der Waals surface area (Å²) in [4.78, 5) is 12.4. The van der Waals surface area contributed by atoms with E-state index in [1.165, 1.54) is 0 Å². The number of aliphatic hydroxyl groups excluding tert-OH is 1. The van der Waals surface area contributed by atoms with Crippen LogP contribution in [0.5, 0.6) is 5.75 Å². The Kier molecular flexibility index (Phi) is 3.76. The molecule has 108 valence electrons. The molecule has 0 saturated carbocycles. The number of fused-ring (bicyclic) bond motifs is 1. The minimum absolute atomic E-state index is 0.0299. The molecule has 0 bridgehead atoms. The van der Waals surface area contributed by atoms with E-state index in [0.29, 0.717) is 5.75 Å². The van der Waals surface area contributed by atoms with Gasteiger partial charge >= 0.3 is 5.97 Å². The van der Waals surface area contributed by atoms with Crippen molar-refractivity contribution in [2.45, 2.75) is 25.4 Å². The second-order valence-corrected chi connectivity index (χ2v) is 5.35. The van der Waals surface area contributed by atoms with Crippen LogP contribution in [0.3, 0.4) is 0 Å². The average molecular weight is 282 g/mol. The minimum atomic E-state index is -0.850. The molecule has 1 unspecified atom stereocenters. The Morgan fingerprint density at radius 1 is 1.10 bits per heavy atom. The lowest BCUT2D eigenvalue weighted by Gasteiger charge is -2.34. The first-order chi connectivity index (χ1) is 10.2. The normalized spacial score (nSPS) is 22.3. The van der Waals surface area contributed by atoms with Crippen molar-refractivity contribution >= 4 is 5.97 Å². The quantitative estimate of drug-likeness (QED) is 0.693. The highest BCUT2D eigenvalue weighted by molar-refractivity contribution is 5.80. The van der Waals surface area contributed by atoms with Crippen LogP contribution in [0.1, 0.15) is 36.5 Å². The van der Waals surface area contributed by atoms with Crippen LogP contribution >= 0.6 is 0 Å². The zero-order valence-electron chi connectivity index (χ0n) is 11.9. The first-order valence-electron chi connectivity index (χ1n) is 7.26. The van der Waals surface area contributed by atoms with Crippen LogP contribution in [0.2, 0.25) is 0 Å². The molecule has 3 atom stereocenters. The number of rotatable bonds is 3. The number of aliphatic hydroxyl groups is 1. The molecule has 0 aliphatic carbocycles. The van der Waals surface area contributed by atoms with Gasteiger partial charge in [0.1, 0.15) is 5.75 Å². The molecule has 0 fully saturated rings. The maximum absolute atomic E-state index is 12.4.